The molecule has 20 heavy (non-hydrogen) atoms. The van der Waals surface area contributed by atoms with Gasteiger partial charge in [-0.05, 0) is 56.0 Å². The van der Waals surface area contributed by atoms with Gasteiger partial charge < -0.3 is 9.64 Å². The van der Waals surface area contributed by atoms with Crippen molar-refractivity contribution >= 4 is 18.4 Å². The highest BCUT2D eigenvalue weighted by molar-refractivity contribution is 5.85. The highest BCUT2D eigenvalue weighted by Gasteiger charge is 2.21. The average Bonchev–Trinajstić information content (AvgIpc) is 2.39. The number of benzene rings is 1. The maximum atomic E-state index is 11.0. The molecule has 1 atom stereocenters. The first kappa shape index (κ1) is 17.0. The van der Waals surface area contributed by atoms with Gasteiger partial charge in [0.1, 0.15) is 5.75 Å². The summed E-state index contributed by atoms with van der Waals surface area (Å²) in [6, 6.07) is 7.98. The van der Waals surface area contributed by atoms with Crippen molar-refractivity contribution in [2.24, 2.45) is 0 Å². The van der Waals surface area contributed by atoms with E-state index in [1.807, 2.05) is 18.2 Å². The molecule has 0 spiro atoms. The minimum Gasteiger partial charge on any atom is -0.427 e. The van der Waals surface area contributed by atoms with Gasteiger partial charge in [-0.15, -0.1) is 12.4 Å². The number of hydrogen-bond acceptors (Lipinski definition) is 3. The van der Waals surface area contributed by atoms with Crippen LogP contribution >= 0.6 is 12.4 Å². The van der Waals surface area contributed by atoms with E-state index in [1.54, 1.807) is 0 Å². The van der Waals surface area contributed by atoms with Crippen molar-refractivity contribution < 1.29 is 9.53 Å². The summed E-state index contributed by atoms with van der Waals surface area (Å²) in [5.74, 6) is 0.974. The van der Waals surface area contributed by atoms with Crippen LogP contribution in [0.4, 0.5) is 0 Å². The molecule has 0 saturated carbocycles. The Hall–Kier alpha value is -1.06. The van der Waals surface area contributed by atoms with Gasteiger partial charge in [-0.2, -0.15) is 0 Å². The van der Waals surface area contributed by atoms with Crippen molar-refractivity contribution in [1.29, 1.82) is 0 Å². The van der Waals surface area contributed by atoms with Gasteiger partial charge in [-0.25, -0.2) is 0 Å². The third-order valence-corrected chi connectivity index (χ3v) is 3.64. The molecule has 0 bridgehead atoms. The first-order valence-electron chi connectivity index (χ1n) is 7.19. The second kappa shape index (κ2) is 8.28. The molecule has 1 aromatic rings. The van der Waals surface area contributed by atoms with E-state index in [0.717, 1.165) is 6.54 Å². The van der Waals surface area contributed by atoms with Gasteiger partial charge in [-0.1, -0.05) is 19.1 Å². The minimum atomic E-state index is -0.256. The van der Waals surface area contributed by atoms with Crippen LogP contribution in [0.5, 0.6) is 5.75 Å². The van der Waals surface area contributed by atoms with E-state index >= 15 is 0 Å². The predicted octanol–water partition coefficient (Wildman–Crippen LogP) is 3.62. The fraction of sp³-hybridized carbons (Fsp3) is 0.562. The topological polar surface area (TPSA) is 29.5 Å². The lowest BCUT2D eigenvalue weighted by molar-refractivity contribution is -0.131. The van der Waals surface area contributed by atoms with Gasteiger partial charge in [0, 0.05) is 13.5 Å². The van der Waals surface area contributed by atoms with Crippen LogP contribution in [0.2, 0.25) is 0 Å². The number of rotatable bonds is 4. The number of piperidine rings is 1. The van der Waals surface area contributed by atoms with Crippen molar-refractivity contribution in [3.63, 3.8) is 0 Å². The Labute approximate surface area is 127 Å². The molecule has 0 radical (unpaired) electrons. The van der Waals surface area contributed by atoms with Gasteiger partial charge in [0.2, 0.25) is 0 Å². The first-order chi connectivity index (χ1) is 9.19. The van der Waals surface area contributed by atoms with E-state index in [0.29, 0.717) is 11.7 Å². The highest BCUT2D eigenvalue weighted by atomic mass is 35.5. The van der Waals surface area contributed by atoms with Crippen molar-refractivity contribution in [1.82, 2.24) is 4.90 Å². The third kappa shape index (κ3) is 4.80. The molecular weight excluding hydrogens is 274 g/mol. The number of ether oxygens (including phenoxy) is 1. The number of halogens is 1. The number of nitrogens with zero attached hydrogens (tertiary/aromatic N) is 1. The van der Waals surface area contributed by atoms with Crippen LogP contribution in [0, 0.1) is 0 Å². The van der Waals surface area contributed by atoms with Gasteiger partial charge in [0.05, 0.1) is 0 Å². The second-order valence-electron chi connectivity index (χ2n) is 5.31. The van der Waals surface area contributed by atoms with Crippen LogP contribution in [0.25, 0.3) is 0 Å². The highest BCUT2D eigenvalue weighted by Crippen LogP contribution is 2.29. The zero-order valence-electron chi connectivity index (χ0n) is 12.3. The van der Waals surface area contributed by atoms with Crippen LogP contribution in [0.15, 0.2) is 24.3 Å². The minimum absolute atomic E-state index is 0. The summed E-state index contributed by atoms with van der Waals surface area (Å²) in [6.07, 6.45) is 3.69. The van der Waals surface area contributed by atoms with Crippen molar-refractivity contribution in [2.45, 2.75) is 39.0 Å². The molecule has 2 rings (SSSR count). The summed E-state index contributed by atoms with van der Waals surface area (Å²) >= 11 is 0. The van der Waals surface area contributed by atoms with E-state index in [4.69, 9.17) is 4.74 Å². The Kier molecular flexibility index (Phi) is 7.03. The molecule has 0 aromatic heterocycles. The normalized spacial score (nSPS) is 19.2. The average molecular weight is 298 g/mol. The Balaban J connectivity index is 0.00000200. The molecule has 4 heteroatoms. The van der Waals surface area contributed by atoms with Crippen molar-refractivity contribution in [3.8, 4) is 5.75 Å². The predicted molar refractivity (Wildman–Crippen MR) is 83.7 cm³/mol. The summed E-state index contributed by atoms with van der Waals surface area (Å²) < 4.78 is 5.17. The largest absolute Gasteiger partial charge is 0.427 e. The Morgan fingerprint density at radius 2 is 2.25 bits per heavy atom. The lowest BCUT2D eigenvalue weighted by atomic mass is 9.90. The number of carbonyl (C=O) groups excluding carboxylic acids is 1. The van der Waals surface area contributed by atoms with E-state index in [2.05, 4.69) is 17.9 Å². The molecule has 1 aromatic carbocycles. The standard InChI is InChI=1S/C16H23NO2.ClH/c1-3-9-17-10-5-7-15(12-17)14-6-4-8-16(11-14)19-13(2)18;/h4,6,8,11,15H,3,5,7,9-10,12H2,1-2H3;1H. The maximum Gasteiger partial charge on any atom is 0.308 e. The number of likely N-dealkylation sites (tertiary alicyclic amines) is 1. The summed E-state index contributed by atoms with van der Waals surface area (Å²) in [6.45, 7) is 7.19. The quantitative estimate of drug-likeness (QED) is 0.628. The van der Waals surface area contributed by atoms with Crippen LogP contribution in [-0.4, -0.2) is 30.5 Å². The molecule has 1 aliphatic heterocycles. The zero-order chi connectivity index (χ0) is 13.7. The SMILES string of the molecule is CCCN1CCCC(c2cccc(OC(C)=O)c2)C1.Cl. The molecule has 1 heterocycles. The van der Waals surface area contributed by atoms with Crippen molar-refractivity contribution in [2.75, 3.05) is 19.6 Å². The van der Waals surface area contributed by atoms with Gasteiger partial charge in [0.25, 0.3) is 0 Å². The molecule has 3 nitrogen and oxygen atoms in total. The van der Waals surface area contributed by atoms with E-state index in [1.165, 1.54) is 44.8 Å². The monoisotopic (exact) mass is 297 g/mol. The number of hydrogen-bond donors (Lipinski definition) is 0. The number of carbonyl (C=O) groups is 1. The lowest BCUT2D eigenvalue weighted by Crippen LogP contribution is -2.34. The molecule has 1 fully saturated rings. The zero-order valence-corrected chi connectivity index (χ0v) is 13.1. The molecule has 0 amide bonds. The third-order valence-electron chi connectivity index (χ3n) is 3.64. The van der Waals surface area contributed by atoms with Crippen LogP contribution in [0.1, 0.15) is 44.6 Å². The van der Waals surface area contributed by atoms with Gasteiger partial charge in [0.15, 0.2) is 0 Å². The van der Waals surface area contributed by atoms with E-state index < -0.39 is 0 Å². The van der Waals surface area contributed by atoms with Crippen LogP contribution < -0.4 is 4.74 Å². The Morgan fingerprint density at radius 3 is 2.95 bits per heavy atom. The fourth-order valence-corrected chi connectivity index (χ4v) is 2.84. The van der Waals surface area contributed by atoms with Gasteiger partial charge in [-0.3, -0.25) is 4.79 Å². The smallest absolute Gasteiger partial charge is 0.308 e. The molecule has 1 unspecified atom stereocenters. The molecule has 0 N–H and O–H groups in total. The maximum absolute atomic E-state index is 11.0. The Bertz CT molecular complexity index is 434. The van der Waals surface area contributed by atoms with E-state index in [-0.39, 0.29) is 18.4 Å². The summed E-state index contributed by atoms with van der Waals surface area (Å²) in [4.78, 5) is 13.5. The van der Waals surface area contributed by atoms with E-state index in [9.17, 15) is 4.79 Å². The second-order valence-corrected chi connectivity index (χ2v) is 5.31. The first-order valence-corrected chi connectivity index (χ1v) is 7.19. The molecule has 0 aliphatic carbocycles. The molecular formula is C16H24ClNO2. The number of esters is 1. The molecule has 1 aliphatic rings. The molecule has 1 saturated heterocycles. The lowest BCUT2D eigenvalue weighted by Gasteiger charge is -2.32. The Morgan fingerprint density at radius 1 is 1.45 bits per heavy atom. The molecule has 112 valence electrons. The van der Waals surface area contributed by atoms with Crippen LogP contribution in [0.3, 0.4) is 0 Å². The summed E-state index contributed by atoms with van der Waals surface area (Å²) in [5.41, 5.74) is 1.29. The summed E-state index contributed by atoms with van der Waals surface area (Å²) in [7, 11) is 0. The van der Waals surface area contributed by atoms with Gasteiger partial charge >= 0.3 is 5.97 Å². The van der Waals surface area contributed by atoms with Crippen molar-refractivity contribution in [3.05, 3.63) is 29.8 Å². The van der Waals surface area contributed by atoms with Crippen LogP contribution in [-0.2, 0) is 4.79 Å². The fourth-order valence-electron chi connectivity index (χ4n) is 2.84. The summed E-state index contributed by atoms with van der Waals surface area (Å²) in [5, 5.41) is 0.